The van der Waals surface area contributed by atoms with Crippen molar-refractivity contribution >= 4 is 12.0 Å². The van der Waals surface area contributed by atoms with Crippen molar-refractivity contribution in [1.82, 2.24) is 14.7 Å². The van der Waals surface area contributed by atoms with Gasteiger partial charge in [0.2, 0.25) is 5.91 Å². The number of likely N-dealkylation sites (tertiary alicyclic amines) is 2. The Morgan fingerprint density at radius 2 is 1.89 bits per heavy atom. The van der Waals surface area contributed by atoms with Gasteiger partial charge in [0, 0.05) is 33.0 Å². The van der Waals surface area contributed by atoms with Crippen LogP contribution in [0.15, 0.2) is 30.3 Å². The summed E-state index contributed by atoms with van der Waals surface area (Å²) >= 11 is 0. The fourth-order valence-electron chi connectivity index (χ4n) is 4.63. The second kappa shape index (κ2) is 7.50. The van der Waals surface area contributed by atoms with Crippen LogP contribution in [0.3, 0.4) is 0 Å². The van der Waals surface area contributed by atoms with Crippen LogP contribution in [0.5, 0.6) is 0 Å². The second-order valence-electron chi connectivity index (χ2n) is 8.38. The number of carbonyl (C=O) groups is 2. The molecule has 0 N–H and O–H groups in total. The van der Waals surface area contributed by atoms with E-state index in [1.807, 2.05) is 11.0 Å². The molecule has 1 aromatic rings. The van der Waals surface area contributed by atoms with Gasteiger partial charge in [0.1, 0.15) is 0 Å². The lowest BCUT2D eigenvalue weighted by molar-refractivity contribution is -0.132. The molecule has 0 saturated carbocycles. The van der Waals surface area contributed by atoms with Gasteiger partial charge < -0.3 is 14.5 Å². The van der Waals surface area contributed by atoms with Gasteiger partial charge in [0.15, 0.2) is 5.60 Å². The molecule has 3 aliphatic heterocycles. The van der Waals surface area contributed by atoms with Crippen LogP contribution in [-0.2, 0) is 16.1 Å². The first kappa shape index (κ1) is 18.3. The smallest absolute Gasteiger partial charge is 0.410 e. The number of likely N-dealkylation sites (N-methyl/N-ethyl adjacent to an activating group) is 1. The monoisotopic (exact) mass is 371 g/mol. The van der Waals surface area contributed by atoms with Crippen LogP contribution in [0.1, 0.15) is 31.2 Å². The van der Waals surface area contributed by atoms with Gasteiger partial charge in [-0.25, -0.2) is 4.79 Å². The average molecular weight is 371 g/mol. The molecule has 3 saturated heterocycles. The third-order valence-electron chi connectivity index (χ3n) is 6.23. The number of carbonyl (C=O) groups excluding carboxylic acids is 2. The number of nitrogens with zero attached hydrogens (tertiary/aromatic N) is 3. The van der Waals surface area contributed by atoms with Crippen molar-refractivity contribution in [3.63, 3.8) is 0 Å². The van der Waals surface area contributed by atoms with E-state index in [1.165, 1.54) is 5.56 Å². The lowest BCUT2D eigenvalue weighted by atomic mass is 9.92. The quantitative estimate of drug-likeness (QED) is 0.815. The molecule has 0 unspecified atom stereocenters. The maximum Gasteiger partial charge on any atom is 0.410 e. The summed E-state index contributed by atoms with van der Waals surface area (Å²) in [6.07, 6.45) is 3.27. The Morgan fingerprint density at radius 1 is 1.15 bits per heavy atom. The SMILES string of the molecule is CN1C[C@]2(CCN(C(=O)CC3CCN(Cc4ccccc4)CC3)C2)OC1=O. The van der Waals surface area contributed by atoms with Gasteiger partial charge in [-0.3, -0.25) is 9.69 Å². The zero-order valence-electron chi connectivity index (χ0n) is 16.1. The molecule has 0 aliphatic carbocycles. The van der Waals surface area contributed by atoms with E-state index in [0.717, 1.165) is 38.9 Å². The van der Waals surface area contributed by atoms with E-state index in [-0.39, 0.29) is 12.0 Å². The lowest BCUT2D eigenvalue weighted by Gasteiger charge is -2.32. The molecule has 3 heterocycles. The fourth-order valence-corrected chi connectivity index (χ4v) is 4.63. The zero-order chi connectivity index (χ0) is 18.9. The molecule has 4 rings (SSSR count). The summed E-state index contributed by atoms with van der Waals surface area (Å²) in [6.45, 7) is 4.95. The number of benzene rings is 1. The number of piperidine rings is 1. The Kier molecular flexibility index (Phi) is 5.08. The van der Waals surface area contributed by atoms with Gasteiger partial charge >= 0.3 is 6.09 Å². The highest BCUT2D eigenvalue weighted by molar-refractivity contribution is 5.77. The van der Waals surface area contributed by atoms with Crippen molar-refractivity contribution in [1.29, 1.82) is 0 Å². The van der Waals surface area contributed by atoms with Crippen LogP contribution in [-0.4, -0.2) is 72.1 Å². The van der Waals surface area contributed by atoms with Gasteiger partial charge in [0.05, 0.1) is 13.1 Å². The minimum Gasteiger partial charge on any atom is -0.439 e. The predicted molar refractivity (Wildman–Crippen MR) is 102 cm³/mol. The zero-order valence-corrected chi connectivity index (χ0v) is 16.1. The molecular formula is C21H29N3O3. The van der Waals surface area contributed by atoms with E-state index in [0.29, 0.717) is 32.0 Å². The molecule has 3 aliphatic rings. The molecule has 1 atom stereocenters. The van der Waals surface area contributed by atoms with Gasteiger partial charge in [-0.2, -0.15) is 0 Å². The van der Waals surface area contributed by atoms with Crippen molar-refractivity contribution in [2.24, 2.45) is 5.92 Å². The molecule has 0 aromatic heterocycles. The molecule has 3 fully saturated rings. The number of ether oxygens (including phenoxy) is 1. The molecule has 0 radical (unpaired) electrons. The molecular weight excluding hydrogens is 342 g/mol. The Labute approximate surface area is 161 Å². The Bertz CT molecular complexity index is 687. The predicted octanol–water partition coefficient (Wildman–Crippen LogP) is 2.34. The van der Waals surface area contributed by atoms with E-state index in [9.17, 15) is 9.59 Å². The largest absolute Gasteiger partial charge is 0.439 e. The number of hydrogen-bond acceptors (Lipinski definition) is 4. The lowest BCUT2D eigenvalue weighted by Crippen LogP contribution is -2.40. The van der Waals surface area contributed by atoms with Crippen molar-refractivity contribution in [3.8, 4) is 0 Å². The van der Waals surface area contributed by atoms with Gasteiger partial charge in [-0.15, -0.1) is 0 Å². The topological polar surface area (TPSA) is 53.1 Å². The van der Waals surface area contributed by atoms with Gasteiger partial charge in [0.25, 0.3) is 0 Å². The van der Waals surface area contributed by atoms with Gasteiger partial charge in [-0.05, 0) is 37.4 Å². The minimum absolute atomic E-state index is 0.221. The normalized spacial score (nSPS) is 26.8. The third-order valence-corrected chi connectivity index (χ3v) is 6.23. The Balaban J connectivity index is 1.23. The van der Waals surface area contributed by atoms with Crippen LogP contribution in [0.25, 0.3) is 0 Å². The maximum atomic E-state index is 12.7. The Hall–Kier alpha value is -2.08. The van der Waals surface area contributed by atoms with Crippen molar-refractivity contribution < 1.29 is 14.3 Å². The van der Waals surface area contributed by atoms with Crippen LogP contribution in [0.2, 0.25) is 0 Å². The van der Waals surface area contributed by atoms with E-state index in [4.69, 9.17) is 4.74 Å². The summed E-state index contributed by atoms with van der Waals surface area (Å²) < 4.78 is 5.55. The van der Waals surface area contributed by atoms with E-state index in [1.54, 1.807) is 11.9 Å². The van der Waals surface area contributed by atoms with Crippen LogP contribution < -0.4 is 0 Å². The first-order valence-electron chi connectivity index (χ1n) is 10.0. The standard InChI is InChI=1S/C21H29N3O3/c1-22-15-21(27-20(22)26)9-12-24(16-21)19(25)13-17-7-10-23(11-8-17)14-18-5-3-2-4-6-18/h2-6,17H,7-16H2,1H3/t21-/m0/s1. The molecule has 1 aromatic carbocycles. The number of amides is 2. The van der Waals surface area contributed by atoms with Crippen LogP contribution in [0.4, 0.5) is 4.79 Å². The average Bonchev–Trinajstić information content (AvgIpc) is 3.20. The molecule has 6 nitrogen and oxygen atoms in total. The van der Waals surface area contributed by atoms with Crippen molar-refractivity contribution in [3.05, 3.63) is 35.9 Å². The fraction of sp³-hybridized carbons (Fsp3) is 0.619. The van der Waals surface area contributed by atoms with Gasteiger partial charge in [-0.1, -0.05) is 30.3 Å². The van der Waals surface area contributed by atoms with E-state index < -0.39 is 5.60 Å². The molecule has 1 spiro atoms. The summed E-state index contributed by atoms with van der Waals surface area (Å²) in [4.78, 5) is 30.4. The summed E-state index contributed by atoms with van der Waals surface area (Å²) in [5.41, 5.74) is 0.881. The van der Waals surface area contributed by atoms with Crippen LogP contribution in [0, 0.1) is 5.92 Å². The summed E-state index contributed by atoms with van der Waals surface area (Å²) in [5.74, 6) is 0.689. The number of hydrogen-bond donors (Lipinski definition) is 0. The first-order valence-corrected chi connectivity index (χ1v) is 10.0. The van der Waals surface area contributed by atoms with Crippen molar-refractivity contribution in [2.75, 3.05) is 39.8 Å². The summed E-state index contributed by atoms with van der Waals surface area (Å²) in [6, 6.07) is 10.6. The van der Waals surface area contributed by atoms with E-state index >= 15 is 0 Å². The van der Waals surface area contributed by atoms with Crippen LogP contribution >= 0.6 is 0 Å². The molecule has 0 bridgehead atoms. The summed E-state index contributed by atoms with van der Waals surface area (Å²) in [7, 11) is 1.75. The minimum atomic E-state index is -0.472. The highest BCUT2D eigenvalue weighted by Gasteiger charge is 2.49. The number of rotatable bonds is 4. The maximum absolute atomic E-state index is 12.7. The highest BCUT2D eigenvalue weighted by atomic mass is 16.6. The Morgan fingerprint density at radius 3 is 2.56 bits per heavy atom. The summed E-state index contributed by atoms with van der Waals surface area (Å²) in [5, 5.41) is 0. The molecule has 6 heteroatoms. The molecule has 2 amide bonds. The third kappa shape index (κ3) is 4.10. The second-order valence-corrected chi connectivity index (χ2v) is 8.38. The van der Waals surface area contributed by atoms with E-state index in [2.05, 4.69) is 29.2 Å². The molecule has 146 valence electrons. The molecule has 27 heavy (non-hydrogen) atoms. The highest BCUT2D eigenvalue weighted by Crippen LogP contribution is 2.33. The van der Waals surface area contributed by atoms with Crippen molar-refractivity contribution in [2.45, 2.75) is 37.8 Å². The first-order chi connectivity index (χ1) is 13.0.